The van der Waals surface area contributed by atoms with E-state index in [2.05, 4.69) is 4.90 Å². The highest BCUT2D eigenvalue weighted by atomic mass is 16.6. The standard InChI is InChI=1S/C22H18N2O3/c1-15-6-10-17(11-7-15)23-20-5-3-2-4-19(20)22(25)14-21(23)16-8-12-18(13-9-16)24(26)27/h2-13,21H,14H2,1H3. The van der Waals surface area contributed by atoms with Crippen LogP contribution in [0.3, 0.4) is 0 Å². The van der Waals surface area contributed by atoms with Crippen molar-refractivity contribution in [2.24, 2.45) is 0 Å². The lowest BCUT2D eigenvalue weighted by atomic mass is 9.89. The van der Waals surface area contributed by atoms with E-state index in [-0.39, 0.29) is 17.5 Å². The van der Waals surface area contributed by atoms with Crippen LogP contribution in [0.4, 0.5) is 17.1 Å². The number of non-ortho nitro benzene ring substituents is 1. The first-order valence-electron chi connectivity index (χ1n) is 8.77. The SMILES string of the molecule is Cc1ccc(N2c3ccccc3C(=O)CC2c2ccc([N+](=O)[O-])cc2)cc1. The van der Waals surface area contributed by atoms with E-state index in [1.165, 1.54) is 12.1 Å². The van der Waals surface area contributed by atoms with Gasteiger partial charge in [-0.25, -0.2) is 0 Å². The number of aryl methyl sites for hydroxylation is 1. The summed E-state index contributed by atoms with van der Waals surface area (Å²) < 4.78 is 0. The van der Waals surface area contributed by atoms with Crippen LogP contribution in [0.25, 0.3) is 0 Å². The van der Waals surface area contributed by atoms with Crippen LogP contribution in [0.5, 0.6) is 0 Å². The van der Waals surface area contributed by atoms with E-state index in [0.717, 1.165) is 22.5 Å². The number of anilines is 2. The number of hydrogen-bond acceptors (Lipinski definition) is 4. The average molecular weight is 358 g/mol. The molecule has 27 heavy (non-hydrogen) atoms. The Balaban J connectivity index is 1.85. The van der Waals surface area contributed by atoms with Crippen LogP contribution in [0, 0.1) is 17.0 Å². The smallest absolute Gasteiger partial charge is 0.269 e. The van der Waals surface area contributed by atoms with Crippen LogP contribution in [0.2, 0.25) is 0 Å². The summed E-state index contributed by atoms with van der Waals surface area (Å²) in [7, 11) is 0. The van der Waals surface area contributed by atoms with Crippen molar-refractivity contribution in [3.63, 3.8) is 0 Å². The second kappa shape index (κ2) is 6.68. The Hall–Kier alpha value is -3.47. The van der Waals surface area contributed by atoms with Gasteiger partial charge in [0.15, 0.2) is 5.78 Å². The Bertz CT molecular complexity index is 1010. The summed E-state index contributed by atoms with van der Waals surface area (Å²) in [6.45, 7) is 2.03. The maximum Gasteiger partial charge on any atom is 0.269 e. The molecule has 1 unspecified atom stereocenters. The minimum Gasteiger partial charge on any atom is -0.333 e. The Morgan fingerprint density at radius 3 is 2.30 bits per heavy atom. The molecule has 3 aromatic carbocycles. The van der Waals surface area contributed by atoms with Gasteiger partial charge in [-0.3, -0.25) is 14.9 Å². The van der Waals surface area contributed by atoms with Crippen molar-refractivity contribution in [3.05, 3.63) is 99.6 Å². The molecule has 134 valence electrons. The van der Waals surface area contributed by atoms with Gasteiger partial charge in [0.2, 0.25) is 0 Å². The first-order chi connectivity index (χ1) is 13.0. The highest BCUT2D eigenvalue weighted by molar-refractivity contribution is 6.05. The van der Waals surface area contributed by atoms with Gasteiger partial charge in [-0.05, 0) is 36.8 Å². The number of nitro groups is 1. The highest BCUT2D eigenvalue weighted by Gasteiger charge is 2.33. The summed E-state index contributed by atoms with van der Waals surface area (Å²) in [6.07, 6.45) is 0.322. The van der Waals surface area contributed by atoms with E-state index in [9.17, 15) is 14.9 Å². The minimum atomic E-state index is -0.414. The van der Waals surface area contributed by atoms with Gasteiger partial charge in [0.1, 0.15) is 0 Å². The third-order valence-corrected chi connectivity index (χ3v) is 4.96. The maximum absolute atomic E-state index is 12.7. The van der Waals surface area contributed by atoms with Gasteiger partial charge < -0.3 is 4.90 Å². The molecule has 0 amide bonds. The second-order valence-electron chi connectivity index (χ2n) is 6.71. The monoisotopic (exact) mass is 358 g/mol. The molecule has 1 heterocycles. The van der Waals surface area contributed by atoms with Crippen LogP contribution < -0.4 is 4.90 Å². The molecule has 0 saturated carbocycles. The van der Waals surface area contributed by atoms with E-state index in [4.69, 9.17) is 0 Å². The predicted octanol–water partition coefficient (Wildman–Crippen LogP) is 5.37. The molecular formula is C22H18N2O3. The molecule has 5 heteroatoms. The number of carbonyl (C=O) groups excluding carboxylic acids is 1. The molecular weight excluding hydrogens is 340 g/mol. The van der Waals surface area contributed by atoms with E-state index in [0.29, 0.717) is 12.0 Å². The van der Waals surface area contributed by atoms with Gasteiger partial charge in [0, 0.05) is 29.8 Å². The summed E-state index contributed by atoms with van der Waals surface area (Å²) in [6, 6.07) is 22.0. The lowest BCUT2D eigenvalue weighted by molar-refractivity contribution is -0.384. The van der Waals surface area contributed by atoms with Crippen LogP contribution in [-0.2, 0) is 0 Å². The number of carbonyl (C=O) groups is 1. The number of rotatable bonds is 3. The van der Waals surface area contributed by atoms with Gasteiger partial charge in [0.25, 0.3) is 5.69 Å². The fraction of sp³-hybridized carbons (Fsp3) is 0.136. The molecule has 4 rings (SSSR count). The molecule has 0 saturated heterocycles. The Morgan fingerprint density at radius 2 is 1.63 bits per heavy atom. The molecule has 0 aliphatic carbocycles. The number of para-hydroxylation sites is 1. The third-order valence-electron chi connectivity index (χ3n) is 4.96. The van der Waals surface area contributed by atoms with Gasteiger partial charge in [-0.1, -0.05) is 42.0 Å². The topological polar surface area (TPSA) is 63.5 Å². The maximum atomic E-state index is 12.7. The summed E-state index contributed by atoms with van der Waals surface area (Å²) in [5.41, 5.74) is 4.64. The van der Waals surface area contributed by atoms with E-state index < -0.39 is 4.92 Å². The van der Waals surface area contributed by atoms with Crippen molar-refractivity contribution in [2.75, 3.05) is 4.90 Å². The lowest BCUT2D eigenvalue weighted by Gasteiger charge is -2.38. The van der Waals surface area contributed by atoms with Gasteiger partial charge in [-0.2, -0.15) is 0 Å². The third kappa shape index (κ3) is 3.08. The normalized spacial score (nSPS) is 16.1. The first kappa shape index (κ1) is 17.0. The van der Waals surface area contributed by atoms with E-state index >= 15 is 0 Å². The van der Waals surface area contributed by atoms with Crippen LogP contribution in [0.15, 0.2) is 72.8 Å². The van der Waals surface area contributed by atoms with Crippen molar-refractivity contribution in [2.45, 2.75) is 19.4 Å². The zero-order chi connectivity index (χ0) is 19.0. The van der Waals surface area contributed by atoms with E-state index in [1.807, 2.05) is 55.5 Å². The molecule has 1 aliphatic heterocycles. The Labute approximate surface area is 157 Å². The zero-order valence-corrected chi connectivity index (χ0v) is 14.8. The number of fused-ring (bicyclic) bond motifs is 1. The molecule has 0 radical (unpaired) electrons. The quantitative estimate of drug-likeness (QED) is 0.466. The number of nitro benzene ring substituents is 1. The van der Waals surface area contributed by atoms with Crippen LogP contribution in [0.1, 0.15) is 33.9 Å². The van der Waals surface area contributed by atoms with E-state index in [1.54, 1.807) is 12.1 Å². The zero-order valence-electron chi connectivity index (χ0n) is 14.8. The molecule has 0 N–H and O–H groups in total. The molecule has 0 bridgehead atoms. The second-order valence-corrected chi connectivity index (χ2v) is 6.71. The van der Waals surface area contributed by atoms with Crippen molar-refractivity contribution in [1.29, 1.82) is 0 Å². The van der Waals surface area contributed by atoms with Gasteiger partial charge >= 0.3 is 0 Å². The fourth-order valence-electron chi connectivity index (χ4n) is 3.57. The fourth-order valence-corrected chi connectivity index (χ4v) is 3.57. The molecule has 0 fully saturated rings. The summed E-state index contributed by atoms with van der Waals surface area (Å²) in [5, 5.41) is 11.0. The van der Waals surface area contributed by atoms with Crippen molar-refractivity contribution >= 4 is 22.8 Å². The molecule has 1 atom stereocenters. The van der Waals surface area contributed by atoms with Crippen LogP contribution >= 0.6 is 0 Å². The number of Topliss-reactive ketones (excluding diaryl/α,β-unsaturated/α-hetero) is 1. The Kier molecular flexibility index (Phi) is 4.20. The molecule has 0 aromatic heterocycles. The summed E-state index contributed by atoms with van der Waals surface area (Å²) in [4.78, 5) is 25.4. The number of ketones is 1. The Morgan fingerprint density at radius 1 is 0.963 bits per heavy atom. The summed E-state index contributed by atoms with van der Waals surface area (Å²) >= 11 is 0. The number of hydrogen-bond donors (Lipinski definition) is 0. The highest BCUT2D eigenvalue weighted by Crippen LogP contribution is 2.43. The molecule has 5 nitrogen and oxygen atoms in total. The number of nitrogens with zero attached hydrogens (tertiary/aromatic N) is 2. The van der Waals surface area contributed by atoms with Crippen LogP contribution in [-0.4, -0.2) is 10.7 Å². The molecule has 1 aliphatic rings. The largest absolute Gasteiger partial charge is 0.333 e. The molecule has 3 aromatic rings. The van der Waals surface area contributed by atoms with Crippen molar-refractivity contribution < 1.29 is 9.72 Å². The number of benzene rings is 3. The molecule has 0 spiro atoms. The van der Waals surface area contributed by atoms with Crippen molar-refractivity contribution in [1.82, 2.24) is 0 Å². The summed E-state index contributed by atoms with van der Waals surface area (Å²) in [5.74, 6) is 0.0808. The average Bonchev–Trinajstić information content (AvgIpc) is 2.69. The first-order valence-corrected chi connectivity index (χ1v) is 8.77. The predicted molar refractivity (Wildman–Crippen MR) is 105 cm³/mol. The van der Waals surface area contributed by atoms with Crippen molar-refractivity contribution in [3.8, 4) is 0 Å². The lowest BCUT2D eigenvalue weighted by Crippen LogP contribution is -2.32. The minimum absolute atomic E-state index is 0.0446. The van der Waals surface area contributed by atoms with Gasteiger partial charge in [0.05, 0.1) is 16.7 Å². The van der Waals surface area contributed by atoms with Gasteiger partial charge in [-0.15, -0.1) is 0 Å².